The molecule has 0 heterocycles. The molecule has 0 atom stereocenters. The van der Waals surface area contributed by atoms with Crippen molar-refractivity contribution in [2.45, 2.75) is 45.8 Å². The summed E-state index contributed by atoms with van der Waals surface area (Å²) < 4.78 is 0. The van der Waals surface area contributed by atoms with Crippen LogP contribution in [-0.2, 0) is 0 Å². The van der Waals surface area contributed by atoms with Crippen LogP contribution >= 0.6 is 0 Å². The molecule has 0 saturated carbocycles. The quantitative estimate of drug-likeness (QED) is 0.532. The summed E-state index contributed by atoms with van der Waals surface area (Å²) in [5.41, 5.74) is 0. The Balaban J connectivity index is 2.91. The highest BCUT2D eigenvalue weighted by molar-refractivity contribution is 6.55. The van der Waals surface area contributed by atoms with Gasteiger partial charge < -0.3 is 0 Å². The maximum atomic E-state index is 2.43. The molecule has 0 aliphatic carbocycles. The summed E-state index contributed by atoms with van der Waals surface area (Å²) in [6, 6.07) is 1.54. The van der Waals surface area contributed by atoms with E-state index in [1.54, 1.807) is 0 Å². The first-order chi connectivity index (χ1) is 4.13. The van der Waals surface area contributed by atoms with Gasteiger partial charge in [0, 0.05) is 8.80 Å². The average molecular weight is 144 g/mol. The zero-order valence-electron chi connectivity index (χ0n) is 7.28. The Morgan fingerprint density at radius 1 is 1.22 bits per heavy atom. The summed E-state index contributed by atoms with van der Waals surface area (Å²) in [7, 11) is -0.229. The predicted octanol–water partition coefficient (Wildman–Crippen LogP) is 2.91. The summed E-state index contributed by atoms with van der Waals surface area (Å²) in [4.78, 5) is 0. The molecule has 0 rings (SSSR count). The van der Waals surface area contributed by atoms with Crippen LogP contribution in [0.4, 0.5) is 0 Å². The topological polar surface area (TPSA) is 0 Å². The molecule has 0 aliphatic rings. The Hall–Kier alpha value is 0.217. The van der Waals surface area contributed by atoms with E-state index in [1.165, 1.54) is 18.9 Å². The van der Waals surface area contributed by atoms with Gasteiger partial charge in [-0.2, -0.15) is 0 Å². The fourth-order valence-electron chi connectivity index (χ4n) is 0.934. The summed E-state index contributed by atoms with van der Waals surface area (Å²) in [6.45, 7) is 9.48. The second-order valence-electron chi connectivity index (χ2n) is 3.72. The van der Waals surface area contributed by atoms with Crippen LogP contribution in [0.2, 0.25) is 19.1 Å². The second kappa shape index (κ2) is 5.04. The lowest BCUT2D eigenvalue weighted by atomic mass is 10.1. The van der Waals surface area contributed by atoms with Gasteiger partial charge in [0.15, 0.2) is 0 Å². The molecule has 0 nitrogen and oxygen atoms in total. The number of hydrogen-bond acceptors (Lipinski definition) is 0. The Kier molecular flexibility index (Phi) is 5.16. The van der Waals surface area contributed by atoms with Gasteiger partial charge in [0.2, 0.25) is 0 Å². The van der Waals surface area contributed by atoms with Gasteiger partial charge in [0.1, 0.15) is 0 Å². The molecule has 0 bridgehead atoms. The summed E-state index contributed by atoms with van der Waals surface area (Å²) >= 11 is 0. The lowest BCUT2D eigenvalue weighted by molar-refractivity contribution is 0.574. The molecule has 0 aromatic heterocycles. The van der Waals surface area contributed by atoms with E-state index in [9.17, 15) is 0 Å². The minimum atomic E-state index is -0.229. The van der Waals surface area contributed by atoms with Crippen molar-refractivity contribution in [2.24, 2.45) is 5.92 Å². The highest BCUT2D eigenvalue weighted by Gasteiger charge is 1.96. The lowest BCUT2D eigenvalue weighted by Crippen LogP contribution is -1.99. The normalized spacial score (nSPS) is 11.3. The van der Waals surface area contributed by atoms with E-state index in [1.807, 2.05) is 0 Å². The molecule has 0 unspecified atom stereocenters. The zero-order chi connectivity index (χ0) is 7.28. The molecule has 1 heteroatoms. The van der Waals surface area contributed by atoms with Crippen molar-refractivity contribution in [3.05, 3.63) is 0 Å². The van der Waals surface area contributed by atoms with Gasteiger partial charge in [-0.1, -0.05) is 45.8 Å². The largest absolute Gasteiger partial charge is 0.0722 e. The van der Waals surface area contributed by atoms with Crippen LogP contribution in [0, 0.1) is 5.92 Å². The fourth-order valence-corrected chi connectivity index (χ4v) is 1.99. The first-order valence-electron chi connectivity index (χ1n) is 4.13. The second-order valence-corrected chi connectivity index (χ2v) is 7.08. The molecule has 0 fully saturated rings. The van der Waals surface area contributed by atoms with Gasteiger partial charge in [0.05, 0.1) is 0 Å². The maximum Gasteiger partial charge on any atom is 0.0305 e. The third-order valence-corrected chi connectivity index (χ3v) is 3.13. The van der Waals surface area contributed by atoms with Crippen molar-refractivity contribution < 1.29 is 0 Å². The molecule has 0 amide bonds. The van der Waals surface area contributed by atoms with Gasteiger partial charge >= 0.3 is 0 Å². The maximum absolute atomic E-state index is 2.43. The van der Waals surface area contributed by atoms with Gasteiger partial charge in [-0.25, -0.2) is 0 Å². The molecule has 0 N–H and O–H groups in total. The highest BCUT2D eigenvalue weighted by Crippen LogP contribution is 2.08. The van der Waals surface area contributed by atoms with E-state index in [2.05, 4.69) is 26.9 Å². The van der Waals surface area contributed by atoms with Gasteiger partial charge in [-0.3, -0.25) is 0 Å². The molecule has 0 saturated heterocycles. The van der Waals surface area contributed by atoms with Crippen molar-refractivity contribution in [1.29, 1.82) is 0 Å². The lowest BCUT2D eigenvalue weighted by Gasteiger charge is -2.04. The van der Waals surface area contributed by atoms with E-state index < -0.39 is 0 Å². The molecule has 0 radical (unpaired) electrons. The van der Waals surface area contributed by atoms with Crippen molar-refractivity contribution >= 4 is 8.80 Å². The minimum absolute atomic E-state index is 0.229. The Morgan fingerprint density at radius 2 is 1.78 bits per heavy atom. The first-order valence-corrected chi connectivity index (χ1v) is 7.25. The molecular weight excluding hydrogens is 124 g/mol. The van der Waals surface area contributed by atoms with Crippen LogP contribution in [0.25, 0.3) is 0 Å². The molecule has 0 aliphatic heterocycles. The van der Waals surface area contributed by atoms with Crippen LogP contribution in [0.15, 0.2) is 0 Å². The first kappa shape index (κ1) is 9.22. The van der Waals surface area contributed by atoms with E-state index >= 15 is 0 Å². The molecule has 0 aromatic rings. The number of hydrogen-bond donors (Lipinski definition) is 0. The zero-order valence-corrected chi connectivity index (χ0v) is 8.43. The molecular formula is C8H20Si. The summed E-state index contributed by atoms with van der Waals surface area (Å²) in [6.07, 6.45) is 2.91. The van der Waals surface area contributed by atoms with Crippen molar-refractivity contribution in [2.75, 3.05) is 0 Å². The van der Waals surface area contributed by atoms with Gasteiger partial charge in [-0.15, -0.1) is 0 Å². The van der Waals surface area contributed by atoms with Crippen LogP contribution in [0.1, 0.15) is 26.7 Å². The fraction of sp³-hybridized carbons (Fsp3) is 1.00. The van der Waals surface area contributed by atoms with E-state index in [0.29, 0.717) is 0 Å². The highest BCUT2D eigenvalue weighted by atomic mass is 28.3. The monoisotopic (exact) mass is 144 g/mol. The van der Waals surface area contributed by atoms with E-state index in [-0.39, 0.29) is 8.80 Å². The number of rotatable bonds is 4. The summed E-state index contributed by atoms with van der Waals surface area (Å²) in [5.74, 6) is 0.915. The third-order valence-electron chi connectivity index (χ3n) is 1.56. The van der Waals surface area contributed by atoms with Crippen LogP contribution in [-0.4, -0.2) is 8.80 Å². The Bertz CT molecular complexity index is 49.6. The van der Waals surface area contributed by atoms with E-state index in [0.717, 1.165) is 5.92 Å². The van der Waals surface area contributed by atoms with Crippen molar-refractivity contribution in [3.8, 4) is 0 Å². The van der Waals surface area contributed by atoms with Crippen LogP contribution < -0.4 is 0 Å². The summed E-state index contributed by atoms with van der Waals surface area (Å²) in [5, 5.41) is 0. The van der Waals surface area contributed by atoms with Crippen LogP contribution in [0.3, 0.4) is 0 Å². The smallest absolute Gasteiger partial charge is 0.0305 e. The third kappa shape index (κ3) is 8.22. The molecule has 0 spiro atoms. The Morgan fingerprint density at radius 3 is 2.11 bits per heavy atom. The molecule has 56 valence electrons. The van der Waals surface area contributed by atoms with E-state index in [4.69, 9.17) is 0 Å². The molecule has 0 aromatic carbocycles. The SMILES string of the molecule is CC(C)CCC[SiH](C)C. The predicted molar refractivity (Wildman–Crippen MR) is 47.8 cm³/mol. The minimum Gasteiger partial charge on any atom is -0.0722 e. The Labute approximate surface area is 61.3 Å². The average Bonchev–Trinajstić information content (AvgIpc) is 1.63. The standard InChI is InChI=1S/C8H20Si/c1-8(2)6-5-7-9(3)4/h8-9H,5-7H2,1-4H3. The van der Waals surface area contributed by atoms with Crippen LogP contribution in [0.5, 0.6) is 0 Å². The van der Waals surface area contributed by atoms with Crippen molar-refractivity contribution in [3.63, 3.8) is 0 Å². The van der Waals surface area contributed by atoms with Crippen molar-refractivity contribution in [1.82, 2.24) is 0 Å². The van der Waals surface area contributed by atoms with Gasteiger partial charge in [-0.05, 0) is 5.92 Å². The van der Waals surface area contributed by atoms with Gasteiger partial charge in [0.25, 0.3) is 0 Å². The molecule has 9 heavy (non-hydrogen) atoms.